The van der Waals surface area contributed by atoms with Gasteiger partial charge in [0, 0.05) is 6.92 Å². The highest BCUT2D eigenvalue weighted by molar-refractivity contribution is 6.12. The molecule has 0 saturated carbocycles. The molecule has 1 aliphatic rings. The largest absolute Gasteiger partial charge is 0.320 e. The van der Waals surface area contributed by atoms with E-state index in [1.807, 2.05) is 18.2 Å². The molecule has 1 aromatic carbocycles. The minimum atomic E-state index is -0.481. The van der Waals surface area contributed by atoms with E-state index >= 15 is 0 Å². The van der Waals surface area contributed by atoms with Crippen molar-refractivity contribution in [2.45, 2.75) is 6.92 Å². The number of rotatable bonds is 1. The Balaban J connectivity index is 2.32. The summed E-state index contributed by atoms with van der Waals surface area (Å²) in [6.07, 6.45) is 1.55. The molecule has 3 amide bonds. The lowest BCUT2D eigenvalue weighted by atomic mass is 10.1. The molecule has 5 nitrogen and oxygen atoms in total. The molecule has 0 aliphatic carbocycles. The maximum Gasteiger partial charge on any atom is 0.277 e. The average Bonchev–Trinajstić information content (AvgIpc) is 2.34. The zero-order chi connectivity index (χ0) is 13.1. The van der Waals surface area contributed by atoms with Crippen LogP contribution in [0.1, 0.15) is 12.5 Å². The third kappa shape index (κ3) is 2.45. The van der Waals surface area contributed by atoms with Crippen LogP contribution >= 0.6 is 0 Å². The van der Waals surface area contributed by atoms with E-state index in [0.29, 0.717) is 0 Å². The molecular formula is C13H12N2O3. The minimum absolute atomic E-state index is 0.118. The Kier molecular flexibility index (Phi) is 3.23. The fraction of sp³-hybridized carbons (Fsp3) is 0.154. The number of hydrogen-bond donors (Lipinski definition) is 1. The summed E-state index contributed by atoms with van der Waals surface area (Å²) in [4.78, 5) is 35.5. The highest BCUT2D eigenvalue weighted by Gasteiger charge is 2.30. The predicted octanol–water partition coefficient (Wildman–Crippen LogP) is 0.532. The topological polar surface area (TPSA) is 66.5 Å². The molecule has 0 aromatic heterocycles. The summed E-state index contributed by atoms with van der Waals surface area (Å²) in [7, 11) is 0. The first-order valence-corrected chi connectivity index (χ1v) is 5.47. The van der Waals surface area contributed by atoms with Crippen LogP contribution in [0.2, 0.25) is 0 Å². The summed E-state index contributed by atoms with van der Waals surface area (Å²) in [5.74, 6) is -1.29. The Morgan fingerprint density at radius 3 is 2.56 bits per heavy atom. The van der Waals surface area contributed by atoms with Crippen LogP contribution in [-0.4, -0.2) is 29.2 Å². The van der Waals surface area contributed by atoms with Gasteiger partial charge in [-0.3, -0.25) is 19.3 Å². The first kappa shape index (κ1) is 12.0. The van der Waals surface area contributed by atoms with Crippen LogP contribution in [0.5, 0.6) is 0 Å². The van der Waals surface area contributed by atoms with Crippen LogP contribution in [0, 0.1) is 0 Å². The van der Waals surface area contributed by atoms with Gasteiger partial charge in [0.15, 0.2) is 0 Å². The van der Waals surface area contributed by atoms with Crippen molar-refractivity contribution in [2.24, 2.45) is 0 Å². The van der Waals surface area contributed by atoms with Crippen molar-refractivity contribution in [2.75, 3.05) is 6.54 Å². The van der Waals surface area contributed by atoms with Crippen LogP contribution in [-0.2, 0) is 14.4 Å². The van der Waals surface area contributed by atoms with Gasteiger partial charge in [0.1, 0.15) is 12.2 Å². The standard InChI is InChI=1S/C13H12N2O3/c1-9(16)15-8-12(17)14-11(13(15)18)7-10-5-3-2-4-6-10/h2-7H,8H2,1H3,(H,14,17)/b11-7+. The molecule has 2 rings (SSSR count). The van der Waals surface area contributed by atoms with E-state index in [-0.39, 0.29) is 18.1 Å². The first-order valence-electron chi connectivity index (χ1n) is 5.47. The van der Waals surface area contributed by atoms with Crippen LogP contribution < -0.4 is 5.32 Å². The Morgan fingerprint density at radius 2 is 1.94 bits per heavy atom. The predicted molar refractivity (Wildman–Crippen MR) is 65.0 cm³/mol. The van der Waals surface area contributed by atoms with Gasteiger partial charge in [0.2, 0.25) is 11.8 Å². The van der Waals surface area contributed by atoms with Gasteiger partial charge in [0.25, 0.3) is 5.91 Å². The van der Waals surface area contributed by atoms with Gasteiger partial charge < -0.3 is 5.32 Å². The van der Waals surface area contributed by atoms with Crippen LogP contribution in [0.3, 0.4) is 0 Å². The van der Waals surface area contributed by atoms with Crippen LogP contribution in [0.15, 0.2) is 36.0 Å². The van der Waals surface area contributed by atoms with Gasteiger partial charge in [-0.2, -0.15) is 0 Å². The third-order valence-corrected chi connectivity index (χ3v) is 2.54. The number of nitrogens with one attached hydrogen (secondary N) is 1. The second-order valence-electron chi connectivity index (χ2n) is 3.93. The Morgan fingerprint density at radius 1 is 1.28 bits per heavy atom. The summed E-state index contributed by atoms with van der Waals surface area (Å²) >= 11 is 0. The number of imide groups is 1. The number of hydrogen-bond acceptors (Lipinski definition) is 3. The smallest absolute Gasteiger partial charge is 0.277 e. The van der Waals surface area contributed by atoms with Crippen LogP contribution in [0.25, 0.3) is 6.08 Å². The molecule has 1 fully saturated rings. The molecule has 0 radical (unpaired) electrons. The van der Waals surface area contributed by atoms with E-state index in [2.05, 4.69) is 5.32 Å². The quantitative estimate of drug-likeness (QED) is 0.733. The fourth-order valence-electron chi connectivity index (χ4n) is 1.67. The van der Waals surface area contributed by atoms with E-state index in [4.69, 9.17) is 0 Å². The molecule has 18 heavy (non-hydrogen) atoms. The molecule has 0 spiro atoms. The van der Waals surface area contributed by atoms with Gasteiger partial charge >= 0.3 is 0 Å². The van der Waals surface area contributed by atoms with Gasteiger partial charge in [-0.1, -0.05) is 30.3 Å². The minimum Gasteiger partial charge on any atom is -0.320 e. The maximum atomic E-state index is 11.9. The van der Waals surface area contributed by atoms with Crippen molar-refractivity contribution in [1.82, 2.24) is 10.2 Å². The highest BCUT2D eigenvalue weighted by atomic mass is 16.2. The van der Waals surface area contributed by atoms with E-state index < -0.39 is 11.8 Å². The van der Waals surface area contributed by atoms with Crippen molar-refractivity contribution >= 4 is 23.8 Å². The number of piperazine rings is 1. The second-order valence-corrected chi connectivity index (χ2v) is 3.93. The highest BCUT2D eigenvalue weighted by Crippen LogP contribution is 2.11. The van der Waals surface area contributed by atoms with Crippen molar-refractivity contribution in [1.29, 1.82) is 0 Å². The molecule has 92 valence electrons. The summed E-state index contributed by atoms with van der Waals surface area (Å²) in [6.45, 7) is 1.04. The van der Waals surface area contributed by atoms with E-state index in [1.54, 1.807) is 18.2 Å². The molecule has 0 bridgehead atoms. The summed E-state index contributed by atoms with van der Waals surface area (Å²) in [5.41, 5.74) is 0.902. The molecule has 1 aromatic rings. The lowest BCUT2D eigenvalue weighted by Crippen LogP contribution is -2.51. The molecule has 1 heterocycles. The Bertz CT molecular complexity index is 534. The average molecular weight is 244 g/mol. The number of nitrogens with zero attached hydrogens (tertiary/aromatic N) is 1. The SMILES string of the molecule is CC(=O)N1CC(=O)N/C(=C/c2ccccc2)C1=O. The molecule has 0 atom stereocenters. The van der Waals surface area contributed by atoms with Crippen molar-refractivity contribution in [3.05, 3.63) is 41.6 Å². The summed E-state index contributed by atoms with van der Waals surface area (Å²) in [5, 5.41) is 2.48. The molecule has 5 heteroatoms. The van der Waals surface area contributed by atoms with Gasteiger partial charge in [-0.15, -0.1) is 0 Å². The lowest BCUT2D eigenvalue weighted by molar-refractivity contribution is -0.147. The lowest BCUT2D eigenvalue weighted by Gasteiger charge is -2.25. The van der Waals surface area contributed by atoms with Gasteiger partial charge in [0.05, 0.1) is 0 Å². The van der Waals surface area contributed by atoms with E-state index in [9.17, 15) is 14.4 Å². The number of amides is 3. The molecule has 1 aliphatic heterocycles. The Hall–Kier alpha value is -2.43. The molecule has 1 N–H and O–H groups in total. The fourth-order valence-corrected chi connectivity index (χ4v) is 1.67. The summed E-state index contributed by atoms with van der Waals surface area (Å²) < 4.78 is 0. The number of benzene rings is 1. The third-order valence-electron chi connectivity index (χ3n) is 2.54. The molecule has 1 saturated heterocycles. The van der Waals surface area contributed by atoms with Gasteiger partial charge in [-0.25, -0.2) is 0 Å². The van der Waals surface area contributed by atoms with E-state index in [0.717, 1.165) is 10.5 Å². The van der Waals surface area contributed by atoms with E-state index in [1.165, 1.54) is 6.92 Å². The molecule has 0 unspecified atom stereocenters. The zero-order valence-electron chi connectivity index (χ0n) is 9.84. The van der Waals surface area contributed by atoms with Crippen LogP contribution in [0.4, 0.5) is 0 Å². The van der Waals surface area contributed by atoms with Crippen molar-refractivity contribution in [3.8, 4) is 0 Å². The van der Waals surface area contributed by atoms with Crippen molar-refractivity contribution in [3.63, 3.8) is 0 Å². The maximum absolute atomic E-state index is 11.9. The van der Waals surface area contributed by atoms with Gasteiger partial charge in [-0.05, 0) is 11.6 Å². The van der Waals surface area contributed by atoms with Crippen molar-refractivity contribution < 1.29 is 14.4 Å². The first-order chi connectivity index (χ1) is 8.58. The number of carbonyl (C=O) groups is 3. The zero-order valence-corrected chi connectivity index (χ0v) is 9.84. The Labute approximate surface area is 104 Å². The monoisotopic (exact) mass is 244 g/mol. The molecular weight excluding hydrogens is 232 g/mol. The normalized spacial score (nSPS) is 17.8. The second kappa shape index (κ2) is 4.83. The number of carbonyl (C=O) groups excluding carboxylic acids is 3. The summed E-state index contributed by atoms with van der Waals surface area (Å²) in [6, 6.07) is 9.11.